The van der Waals surface area contributed by atoms with Crippen molar-refractivity contribution in [2.75, 3.05) is 13.2 Å². The molecular weight excluding hydrogens is 1040 g/mol. The maximum atomic E-state index is 12.6. The number of amides is 1. The summed E-state index contributed by atoms with van der Waals surface area (Å²) in [5, 5.41) is 23.5. The van der Waals surface area contributed by atoms with Gasteiger partial charge in [-0.25, -0.2) is 0 Å². The second-order valence-electron chi connectivity index (χ2n) is 26.7. The molecule has 0 aliphatic heterocycles. The fraction of sp³-hybridized carbons (Fsp3) is 0.899. The average molecular weight is 1200 g/mol. The van der Waals surface area contributed by atoms with Crippen LogP contribution in [0.25, 0.3) is 0 Å². The summed E-state index contributed by atoms with van der Waals surface area (Å²) in [5.74, 6) is -0.0272. The molecule has 502 valence electrons. The van der Waals surface area contributed by atoms with Crippen molar-refractivity contribution in [3.8, 4) is 0 Å². The number of rotatable bonds is 73. The minimum Gasteiger partial charge on any atom is -0.466 e. The van der Waals surface area contributed by atoms with Crippen LogP contribution in [0.1, 0.15) is 431 Å². The van der Waals surface area contributed by atoms with Gasteiger partial charge in [-0.15, -0.1) is 0 Å². The first kappa shape index (κ1) is 83.1. The van der Waals surface area contributed by atoms with Gasteiger partial charge in [0.15, 0.2) is 0 Å². The summed E-state index contributed by atoms with van der Waals surface area (Å²) in [5.41, 5.74) is 0. The van der Waals surface area contributed by atoms with Gasteiger partial charge >= 0.3 is 5.97 Å². The topological polar surface area (TPSA) is 95.9 Å². The summed E-state index contributed by atoms with van der Waals surface area (Å²) >= 11 is 0. The number of aliphatic hydroxyl groups is 2. The number of nitrogens with one attached hydrogen (secondary N) is 1. The minimum atomic E-state index is -0.666. The van der Waals surface area contributed by atoms with Crippen LogP contribution in [0, 0.1) is 0 Å². The second-order valence-corrected chi connectivity index (χ2v) is 26.7. The van der Waals surface area contributed by atoms with Crippen molar-refractivity contribution in [1.82, 2.24) is 5.32 Å². The zero-order chi connectivity index (χ0) is 61.3. The lowest BCUT2D eigenvalue weighted by molar-refractivity contribution is -0.143. The molecule has 2 unspecified atom stereocenters. The fourth-order valence-electron chi connectivity index (χ4n) is 12.3. The smallest absolute Gasteiger partial charge is 0.305 e. The molecule has 6 nitrogen and oxygen atoms in total. The Morgan fingerprint density at radius 1 is 0.329 bits per heavy atom. The zero-order valence-electron chi connectivity index (χ0n) is 57.6. The van der Waals surface area contributed by atoms with E-state index in [0.717, 1.165) is 51.4 Å². The molecule has 0 rings (SSSR count). The van der Waals surface area contributed by atoms with Gasteiger partial charge in [0.25, 0.3) is 0 Å². The summed E-state index contributed by atoms with van der Waals surface area (Å²) in [6.45, 7) is 4.96. The van der Waals surface area contributed by atoms with Gasteiger partial charge in [0, 0.05) is 12.8 Å². The summed E-state index contributed by atoms with van der Waals surface area (Å²) in [4.78, 5) is 24.6. The number of carbonyl (C=O) groups is 2. The van der Waals surface area contributed by atoms with E-state index in [-0.39, 0.29) is 18.5 Å². The second kappa shape index (κ2) is 74.5. The van der Waals surface area contributed by atoms with Gasteiger partial charge in [-0.3, -0.25) is 9.59 Å². The Bertz CT molecular complexity index is 1380. The molecule has 0 radical (unpaired) electrons. The summed E-state index contributed by atoms with van der Waals surface area (Å²) in [6.07, 6.45) is 96.5. The number of aliphatic hydroxyl groups excluding tert-OH is 2. The number of hydrogen-bond donors (Lipinski definition) is 3. The third kappa shape index (κ3) is 71.0. The first-order valence-corrected chi connectivity index (χ1v) is 38.7. The molecule has 0 bridgehead atoms. The van der Waals surface area contributed by atoms with Gasteiger partial charge < -0.3 is 20.3 Å². The van der Waals surface area contributed by atoms with Gasteiger partial charge in [0.05, 0.1) is 25.4 Å². The maximum Gasteiger partial charge on any atom is 0.305 e. The Hall–Kier alpha value is -1.92. The van der Waals surface area contributed by atoms with Crippen molar-refractivity contribution < 1.29 is 24.5 Å². The van der Waals surface area contributed by atoms with Gasteiger partial charge in [0.1, 0.15) is 0 Å². The van der Waals surface area contributed by atoms with Crippen LogP contribution in [0.5, 0.6) is 0 Å². The molecule has 6 heteroatoms. The fourth-order valence-corrected chi connectivity index (χ4v) is 12.3. The van der Waals surface area contributed by atoms with E-state index in [1.165, 1.54) is 347 Å². The van der Waals surface area contributed by atoms with E-state index in [1.54, 1.807) is 0 Å². The molecule has 0 spiro atoms. The molecule has 0 saturated carbocycles. The Morgan fingerprint density at radius 2 is 0.588 bits per heavy atom. The first-order valence-electron chi connectivity index (χ1n) is 38.7. The molecule has 0 heterocycles. The Kier molecular flexibility index (Phi) is 72.9. The van der Waals surface area contributed by atoms with Gasteiger partial charge in [-0.1, -0.05) is 371 Å². The van der Waals surface area contributed by atoms with Crippen molar-refractivity contribution in [2.24, 2.45) is 0 Å². The highest BCUT2D eigenvalue weighted by Crippen LogP contribution is 2.19. The van der Waals surface area contributed by atoms with E-state index < -0.39 is 12.1 Å². The SMILES string of the molecule is CCCCC/C=C\C/C=C\CCCCCCCC(=O)OCCCCCCCCCCCCCC/C=C\CCCCCCCCCCCCCCC(=O)NC(CO)C(O)CCCCCCCCCCCCCCCCCCCCCCCCCCC. The van der Waals surface area contributed by atoms with Crippen LogP contribution in [-0.4, -0.2) is 47.4 Å². The summed E-state index contributed by atoms with van der Waals surface area (Å²) < 4.78 is 5.49. The summed E-state index contributed by atoms with van der Waals surface area (Å²) in [6, 6.07) is -0.543. The molecule has 0 aromatic carbocycles. The standard InChI is InChI=1S/C79H151NO5/c1-3-5-7-9-11-13-15-17-19-20-21-22-23-28-31-34-37-40-44-47-51-55-59-63-67-71-77(82)76(75-81)80-78(83)72-68-64-60-56-52-48-45-41-38-35-32-29-26-24-25-27-30-33-36-39-42-46-50-54-58-62-66-70-74-85-79(84)73-69-65-61-57-53-49-43-18-16-14-12-10-8-6-4-2/h12,14,18,24-25,43,76-77,81-82H,3-11,13,15-17,19-23,26-42,44-75H2,1-2H3,(H,80,83)/b14-12-,25-24-,43-18-. The molecule has 0 saturated heterocycles. The lowest BCUT2D eigenvalue weighted by atomic mass is 10.0. The molecule has 1 amide bonds. The number of ether oxygens (including phenoxy) is 1. The number of carbonyl (C=O) groups excluding carboxylic acids is 2. The molecule has 3 N–H and O–H groups in total. The number of hydrogen-bond acceptors (Lipinski definition) is 5. The van der Waals surface area contributed by atoms with Crippen LogP contribution in [0.15, 0.2) is 36.5 Å². The highest BCUT2D eigenvalue weighted by atomic mass is 16.5. The minimum absolute atomic E-state index is 0.00256. The molecule has 0 aliphatic carbocycles. The predicted octanol–water partition coefficient (Wildman–Crippen LogP) is 25.4. The van der Waals surface area contributed by atoms with Gasteiger partial charge in [-0.05, 0) is 83.5 Å². The van der Waals surface area contributed by atoms with E-state index in [9.17, 15) is 19.8 Å². The highest BCUT2D eigenvalue weighted by Gasteiger charge is 2.20. The normalized spacial score (nSPS) is 12.7. The van der Waals surface area contributed by atoms with E-state index in [0.29, 0.717) is 25.9 Å². The molecule has 0 aliphatic rings. The van der Waals surface area contributed by atoms with Crippen LogP contribution in [0.4, 0.5) is 0 Å². The van der Waals surface area contributed by atoms with E-state index in [2.05, 4.69) is 55.6 Å². The van der Waals surface area contributed by atoms with Crippen LogP contribution in [0.3, 0.4) is 0 Å². The maximum absolute atomic E-state index is 12.6. The largest absolute Gasteiger partial charge is 0.466 e. The molecule has 0 aromatic heterocycles. The van der Waals surface area contributed by atoms with Crippen molar-refractivity contribution in [3.63, 3.8) is 0 Å². The van der Waals surface area contributed by atoms with Crippen LogP contribution < -0.4 is 5.32 Å². The van der Waals surface area contributed by atoms with E-state index in [1.807, 2.05) is 0 Å². The van der Waals surface area contributed by atoms with Crippen LogP contribution >= 0.6 is 0 Å². The molecule has 0 aromatic rings. The Morgan fingerprint density at radius 3 is 0.929 bits per heavy atom. The molecule has 2 atom stereocenters. The van der Waals surface area contributed by atoms with Crippen molar-refractivity contribution in [3.05, 3.63) is 36.5 Å². The van der Waals surface area contributed by atoms with Gasteiger partial charge in [0.2, 0.25) is 5.91 Å². The first-order chi connectivity index (χ1) is 42.0. The lowest BCUT2D eigenvalue weighted by Crippen LogP contribution is -2.45. The quantitative estimate of drug-likeness (QED) is 0.0320. The zero-order valence-corrected chi connectivity index (χ0v) is 57.6. The van der Waals surface area contributed by atoms with Crippen molar-refractivity contribution >= 4 is 11.9 Å². The average Bonchev–Trinajstić information content (AvgIpc) is 3.51. The number of unbranched alkanes of at least 4 members (excludes halogenated alkanes) is 56. The molecule has 0 fully saturated rings. The van der Waals surface area contributed by atoms with E-state index in [4.69, 9.17) is 4.74 Å². The van der Waals surface area contributed by atoms with E-state index >= 15 is 0 Å². The Labute approximate surface area is 532 Å². The highest BCUT2D eigenvalue weighted by molar-refractivity contribution is 5.76. The summed E-state index contributed by atoms with van der Waals surface area (Å²) in [7, 11) is 0. The number of esters is 1. The third-order valence-corrected chi connectivity index (χ3v) is 18.2. The number of allylic oxidation sites excluding steroid dienone is 6. The third-order valence-electron chi connectivity index (χ3n) is 18.2. The predicted molar refractivity (Wildman–Crippen MR) is 375 cm³/mol. The molecular formula is C79H151NO5. The lowest BCUT2D eigenvalue weighted by Gasteiger charge is -2.22. The van der Waals surface area contributed by atoms with Crippen molar-refractivity contribution in [2.45, 2.75) is 443 Å². The monoisotopic (exact) mass is 1190 g/mol. The Balaban J connectivity index is 3.38. The van der Waals surface area contributed by atoms with Crippen molar-refractivity contribution in [1.29, 1.82) is 0 Å². The molecule has 85 heavy (non-hydrogen) atoms. The van der Waals surface area contributed by atoms with Crippen LogP contribution in [0.2, 0.25) is 0 Å². The van der Waals surface area contributed by atoms with Crippen LogP contribution in [-0.2, 0) is 14.3 Å². The van der Waals surface area contributed by atoms with Gasteiger partial charge in [-0.2, -0.15) is 0 Å².